The number of hydrogen-bond donors (Lipinski definition) is 1. The molecule has 0 saturated heterocycles. The summed E-state index contributed by atoms with van der Waals surface area (Å²) < 4.78 is 5.12. The largest absolute Gasteiger partial charge is 0.481 e. The van der Waals surface area contributed by atoms with Gasteiger partial charge in [0.2, 0.25) is 5.88 Å². The molecule has 0 bridgehead atoms. The van der Waals surface area contributed by atoms with Crippen LogP contribution in [0.15, 0.2) is 18.2 Å². The Balaban J connectivity index is 1.95. The summed E-state index contributed by atoms with van der Waals surface area (Å²) in [6.45, 7) is 10.0. The van der Waals surface area contributed by atoms with Gasteiger partial charge in [-0.2, -0.15) is 0 Å². The zero-order valence-electron chi connectivity index (χ0n) is 11.4. The fourth-order valence-electron chi connectivity index (χ4n) is 2.58. The van der Waals surface area contributed by atoms with Crippen molar-refractivity contribution in [3.63, 3.8) is 0 Å². The van der Waals surface area contributed by atoms with Crippen molar-refractivity contribution in [1.29, 1.82) is 0 Å². The van der Waals surface area contributed by atoms with E-state index in [2.05, 4.69) is 38.0 Å². The van der Waals surface area contributed by atoms with E-state index in [1.807, 2.05) is 18.2 Å². The van der Waals surface area contributed by atoms with Gasteiger partial charge in [-0.15, -0.1) is 0 Å². The first-order valence-corrected chi connectivity index (χ1v) is 6.13. The lowest BCUT2D eigenvalue weighted by molar-refractivity contribution is 0.395. The van der Waals surface area contributed by atoms with Crippen LogP contribution < -0.4 is 10.1 Å². The molecule has 0 radical (unpaired) electrons. The Labute approximate surface area is 104 Å². The lowest BCUT2D eigenvalue weighted by atomic mass is 10.0. The molecule has 0 unspecified atom stereocenters. The standard InChI is InChI=1S/C14H22N2O/c1-13(2)12(14(13,3)4)15-9-10-7-6-8-11(16-10)17-5/h6-8,12,15H,9H2,1-5H3. The molecule has 1 aliphatic rings. The Morgan fingerprint density at radius 2 is 1.88 bits per heavy atom. The number of aromatic nitrogens is 1. The quantitative estimate of drug-likeness (QED) is 0.869. The van der Waals surface area contributed by atoms with Crippen LogP contribution in [0, 0.1) is 10.8 Å². The van der Waals surface area contributed by atoms with Crippen LogP contribution in [0.1, 0.15) is 33.4 Å². The van der Waals surface area contributed by atoms with Crippen LogP contribution in [0.25, 0.3) is 0 Å². The van der Waals surface area contributed by atoms with Crippen LogP contribution in [-0.2, 0) is 6.54 Å². The molecule has 0 spiro atoms. The minimum Gasteiger partial charge on any atom is -0.481 e. The lowest BCUT2D eigenvalue weighted by Gasteiger charge is -2.07. The normalized spacial score (nSPS) is 21.2. The SMILES string of the molecule is COc1cccc(CNC2C(C)(C)C2(C)C)n1. The molecule has 3 nitrogen and oxygen atoms in total. The van der Waals surface area contributed by atoms with Crippen LogP contribution in [0.4, 0.5) is 0 Å². The lowest BCUT2D eigenvalue weighted by Crippen LogP contribution is -2.22. The molecule has 1 saturated carbocycles. The number of rotatable bonds is 4. The zero-order valence-corrected chi connectivity index (χ0v) is 11.4. The van der Waals surface area contributed by atoms with Gasteiger partial charge in [-0.3, -0.25) is 0 Å². The second-order valence-corrected chi connectivity index (χ2v) is 5.93. The highest BCUT2D eigenvalue weighted by Gasteiger charge is 2.64. The van der Waals surface area contributed by atoms with Crippen molar-refractivity contribution in [2.75, 3.05) is 7.11 Å². The van der Waals surface area contributed by atoms with Crippen LogP contribution in [0.5, 0.6) is 5.88 Å². The Hall–Kier alpha value is -1.09. The first-order chi connectivity index (χ1) is 7.89. The third-order valence-corrected chi connectivity index (χ3v) is 4.50. The molecule has 2 rings (SSSR count). The molecule has 1 N–H and O–H groups in total. The molecule has 1 heterocycles. The number of pyridine rings is 1. The minimum absolute atomic E-state index is 0.367. The summed E-state index contributed by atoms with van der Waals surface area (Å²) >= 11 is 0. The maximum absolute atomic E-state index is 5.12. The molecule has 0 aliphatic heterocycles. The minimum atomic E-state index is 0.367. The van der Waals surface area contributed by atoms with Gasteiger partial charge in [0.05, 0.1) is 12.8 Å². The zero-order chi connectivity index (χ0) is 12.7. The number of nitrogens with zero attached hydrogens (tertiary/aromatic N) is 1. The highest BCUT2D eigenvalue weighted by atomic mass is 16.5. The van der Waals surface area contributed by atoms with Crippen molar-refractivity contribution in [2.45, 2.75) is 40.3 Å². The van der Waals surface area contributed by atoms with E-state index in [9.17, 15) is 0 Å². The van der Waals surface area contributed by atoms with E-state index in [4.69, 9.17) is 4.74 Å². The molecule has 17 heavy (non-hydrogen) atoms. The topological polar surface area (TPSA) is 34.1 Å². The first kappa shape index (κ1) is 12.4. The molecule has 1 aliphatic carbocycles. The molecular formula is C14H22N2O. The van der Waals surface area contributed by atoms with Crippen molar-refractivity contribution in [3.8, 4) is 5.88 Å². The van der Waals surface area contributed by atoms with Gasteiger partial charge in [-0.05, 0) is 16.9 Å². The first-order valence-electron chi connectivity index (χ1n) is 6.13. The maximum Gasteiger partial charge on any atom is 0.213 e. The average molecular weight is 234 g/mol. The van der Waals surface area contributed by atoms with Crippen molar-refractivity contribution in [1.82, 2.24) is 10.3 Å². The van der Waals surface area contributed by atoms with E-state index in [1.54, 1.807) is 7.11 Å². The van der Waals surface area contributed by atoms with Gasteiger partial charge in [0.25, 0.3) is 0 Å². The van der Waals surface area contributed by atoms with Gasteiger partial charge in [-0.1, -0.05) is 33.8 Å². The molecule has 0 atom stereocenters. The predicted octanol–water partition coefficient (Wildman–Crippen LogP) is 2.61. The summed E-state index contributed by atoms with van der Waals surface area (Å²) in [6.07, 6.45) is 0. The molecular weight excluding hydrogens is 212 g/mol. The van der Waals surface area contributed by atoms with Gasteiger partial charge < -0.3 is 10.1 Å². The van der Waals surface area contributed by atoms with E-state index in [-0.39, 0.29) is 0 Å². The third-order valence-electron chi connectivity index (χ3n) is 4.50. The van der Waals surface area contributed by atoms with E-state index < -0.39 is 0 Å². The van der Waals surface area contributed by atoms with Crippen LogP contribution in [0.2, 0.25) is 0 Å². The van der Waals surface area contributed by atoms with Gasteiger partial charge in [0.1, 0.15) is 0 Å². The van der Waals surface area contributed by atoms with Crippen molar-refractivity contribution in [2.24, 2.45) is 10.8 Å². The molecule has 94 valence electrons. The van der Waals surface area contributed by atoms with Crippen LogP contribution in [-0.4, -0.2) is 18.1 Å². The van der Waals surface area contributed by atoms with Gasteiger partial charge >= 0.3 is 0 Å². The number of hydrogen-bond acceptors (Lipinski definition) is 3. The van der Waals surface area contributed by atoms with Gasteiger partial charge in [0.15, 0.2) is 0 Å². The molecule has 3 heteroatoms. The van der Waals surface area contributed by atoms with E-state index >= 15 is 0 Å². The Kier molecular flexibility index (Phi) is 2.90. The second-order valence-electron chi connectivity index (χ2n) is 5.93. The van der Waals surface area contributed by atoms with E-state index in [0.29, 0.717) is 22.8 Å². The van der Waals surface area contributed by atoms with Crippen LogP contribution >= 0.6 is 0 Å². The predicted molar refractivity (Wildman–Crippen MR) is 69.0 cm³/mol. The van der Waals surface area contributed by atoms with Crippen molar-refractivity contribution < 1.29 is 4.74 Å². The summed E-state index contributed by atoms with van der Waals surface area (Å²) in [5.41, 5.74) is 1.76. The van der Waals surface area contributed by atoms with Crippen LogP contribution in [0.3, 0.4) is 0 Å². The Morgan fingerprint density at radius 3 is 2.41 bits per heavy atom. The fraction of sp³-hybridized carbons (Fsp3) is 0.643. The van der Waals surface area contributed by atoms with Gasteiger partial charge in [-0.25, -0.2) is 4.98 Å². The summed E-state index contributed by atoms with van der Waals surface area (Å²) in [5, 5.41) is 3.59. The Morgan fingerprint density at radius 1 is 1.24 bits per heavy atom. The van der Waals surface area contributed by atoms with E-state index in [1.165, 1.54) is 0 Å². The number of ether oxygens (including phenoxy) is 1. The molecule has 1 aromatic heterocycles. The summed E-state index contributed by atoms with van der Waals surface area (Å²) in [5.74, 6) is 0.679. The van der Waals surface area contributed by atoms with E-state index in [0.717, 1.165) is 12.2 Å². The monoisotopic (exact) mass is 234 g/mol. The Bertz CT molecular complexity index is 398. The maximum atomic E-state index is 5.12. The van der Waals surface area contributed by atoms with Gasteiger partial charge in [0, 0.05) is 18.7 Å². The summed E-state index contributed by atoms with van der Waals surface area (Å²) in [7, 11) is 1.65. The summed E-state index contributed by atoms with van der Waals surface area (Å²) in [6, 6.07) is 6.43. The number of methoxy groups -OCH3 is 1. The molecule has 1 fully saturated rings. The highest BCUT2D eigenvalue weighted by Crippen LogP contribution is 2.62. The highest BCUT2D eigenvalue weighted by molar-refractivity contribution is 5.20. The second kappa shape index (κ2) is 3.98. The molecule has 0 aromatic carbocycles. The third kappa shape index (κ3) is 2.04. The fourth-order valence-corrected chi connectivity index (χ4v) is 2.58. The summed E-state index contributed by atoms with van der Waals surface area (Å²) in [4.78, 5) is 4.40. The molecule has 1 aromatic rings. The number of nitrogens with one attached hydrogen (secondary N) is 1. The van der Waals surface area contributed by atoms with Crippen molar-refractivity contribution in [3.05, 3.63) is 23.9 Å². The van der Waals surface area contributed by atoms with Crippen molar-refractivity contribution >= 4 is 0 Å². The smallest absolute Gasteiger partial charge is 0.213 e. The molecule has 0 amide bonds. The average Bonchev–Trinajstić information content (AvgIpc) is 2.67.